The monoisotopic (exact) mass is 279 g/mol. The van der Waals surface area contributed by atoms with Crippen LogP contribution in [0.1, 0.15) is 42.1 Å². The Balaban J connectivity index is 1.89. The predicted molar refractivity (Wildman–Crippen MR) is 78.5 cm³/mol. The van der Waals surface area contributed by atoms with Gasteiger partial charge in [0.15, 0.2) is 5.13 Å². The quantitative estimate of drug-likeness (QED) is 0.916. The van der Waals surface area contributed by atoms with E-state index in [-0.39, 0.29) is 6.04 Å². The molecule has 2 N–H and O–H groups in total. The maximum atomic E-state index is 5.88. The van der Waals surface area contributed by atoms with Crippen LogP contribution in [0, 0.1) is 0 Å². The number of nitrogens with zero attached hydrogens (tertiary/aromatic N) is 2. The van der Waals surface area contributed by atoms with E-state index in [1.165, 1.54) is 10.4 Å². The third kappa shape index (κ3) is 1.96. The third-order valence-corrected chi connectivity index (χ3v) is 5.39. The first-order valence-electron chi connectivity index (χ1n) is 6.20. The lowest BCUT2D eigenvalue weighted by molar-refractivity contribution is 0.628. The molecule has 0 aromatic carbocycles. The van der Waals surface area contributed by atoms with Crippen LogP contribution < -0.4 is 10.6 Å². The molecular weight excluding hydrogens is 262 g/mol. The Hall–Kier alpha value is -0.910. The molecule has 96 valence electrons. The lowest BCUT2D eigenvalue weighted by atomic mass is 10.0. The van der Waals surface area contributed by atoms with Gasteiger partial charge in [-0.1, -0.05) is 0 Å². The van der Waals surface area contributed by atoms with Gasteiger partial charge in [-0.2, -0.15) is 0 Å². The first kappa shape index (κ1) is 12.1. The maximum absolute atomic E-state index is 5.88. The molecular formula is C13H17N3S2. The fourth-order valence-corrected chi connectivity index (χ4v) is 4.39. The van der Waals surface area contributed by atoms with Crippen LogP contribution in [0.4, 0.5) is 5.13 Å². The van der Waals surface area contributed by atoms with Crippen molar-refractivity contribution >= 4 is 27.8 Å². The van der Waals surface area contributed by atoms with Gasteiger partial charge in [0.25, 0.3) is 0 Å². The minimum Gasteiger partial charge on any atom is -0.341 e. The standard InChI is InChI=1S/C13H17N3S2/c1-8(14)11-7-18-13(15-11)16-5-3-12-10(9(16)2)4-6-17-12/h4,6-9H,3,5,14H2,1-2H3. The fourth-order valence-electron chi connectivity index (χ4n) is 2.39. The summed E-state index contributed by atoms with van der Waals surface area (Å²) in [4.78, 5) is 8.59. The zero-order valence-electron chi connectivity index (χ0n) is 10.6. The van der Waals surface area contributed by atoms with Gasteiger partial charge in [0.2, 0.25) is 0 Å². The molecule has 0 fully saturated rings. The number of anilines is 1. The second-order valence-electron chi connectivity index (χ2n) is 4.76. The van der Waals surface area contributed by atoms with Crippen LogP contribution >= 0.6 is 22.7 Å². The van der Waals surface area contributed by atoms with Crippen LogP contribution in [0.15, 0.2) is 16.8 Å². The van der Waals surface area contributed by atoms with Crippen LogP contribution in [0.5, 0.6) is 0 Å². The highest BCUT2D eigenvalue weighted by atomic mass is 32.1. The number of hydrogen-bond acceptors (Lipinski definition) is 5. The van der Waals surface area contributed by atoms with Gasteiger partial charge in [0, 0.05) is 22.8 Å². The summed E-state index contributed by atoms with van der Waals surface area (Å²) in [6.45, 7) is 5.30. The summed E-state index contributed by atoms with van der Waals surface area (Å²) in [6.07, 6.45) is 1.13. The van der Waals surface area contributed by atoms with E-state index in [0.29, 0.717) is 6.04 Å². The van der Waals surface area contributed by atoms with E-state index in [1.54, 1.807) is 11.3 Å². The number of rotatable bonds is 2. The van der Waals surface area contributed by atoms with E-state index in [0.717, 1.165) is 23.8 Å². The highest BCUT2D eigenvalue weighted by molar-refractivity contribution is 7.13. The molecule has 3 rings (SSSR count). The molecule has 1 aliphatic rings. The number of hydrogen-bond donors (Lipinski definition) is 1. The average Bonchev–Trinajstić information content (AvgIpc) is 2.97. The van der Waals surface area contributed by atoms with Gasteiger partial charge in [0.1, 0.15) is 0 Å². The van der Waals surface area contributed by atoms with E-state index < -0.39 is 0 Å². The molecule has 0 amide bonds. The summed E-state index contributed by atoms with van der Waals surface area (Å²) in [5.41, 5.74) is 8.34. The van der Waals surface area contributed by atoms with E-state index in [2.05, 4.69) is 33.6 Å². The van der Waals surface area contributed by atoms with Crippen molar-refractivity contribution in [2.45, 2.75) is 32.4 Å². The summed E-state index contributed by atoms with van der Waals surface area (Å²) in [6, 6.07) is 2.69. The van der Waals surface area contributed by atoms with Crippen molar-refractivity contribution in [3.8, 4) is 0 Å². The molecule has 1 aliphatic heterocycles. The Morgan fingerprint density at radius 2 is 2.33 bits per heavy atom. The van der Waals surface area contributed by atoms with Crippen molar-refractivity contribution in [1.29, 1.82) is 0 Å². The van der Waals surface area contributed by atoms with Crippen molar-refractivity contribution in [3.63, 3.8) is 0 Å². The smallest absolute Gasteiger partial charge is 0.186 e. The minimum absolute atomic E-state index is 0.0202. The summed E-state index contributed by atoms with van der Waals surface area (Å²) in [5.74, 6) is 0. The summed E-state index contributed by atoms with van der Waals surface area (Å²) in [7, 11) is 0. The molecule has 0 radical (unpaired) electrons. The molecule has 0 aliphatic carbocycles. The van der Waals surface area contributed by atoms with E-state index >= 15 is 0 Å². The van der Waals surface area contributed by atoms with Gasteiger partial charge in [-0.3, -0.25) is 0 Å². The molecule has 2 atom stereocenters. The normalized spacial score (nSPS) is 20.8. The molecule has 2 unspecified atom stereocenters. The molecule has 3 heterocycles. The minimum atomic E-state index is 0.0202. The maximum Gasteiger partial charge on any atom is 0.186 e. The van der Waals surface area contributed by atoms with E-state index in [9.17, 15) is 0 Å². The van der Waals surface area contributed by atoms with Gasteiger partial charge >= 0.3 is 0 Å². The highest BCUT2D eigenvalue weighted by Gasteiger charge is 2.26. The predicted octanol–water partition coefficient (Wildman–Crippen LogP) is 3.35. The zero-order chi connectivity index (χ0) is 12.7. The fraction of sp³-hybridized carbons (Fsp3) is 0.462. The number of nitrogens with two attached hydrogens (primary N) is 1. The molecule has 0 spiro atoms. The largest absolute Gasteiger partial charge is 0.341 e. The first-order valence-corrected chi connectivity index (χ1v) is 7.96. The van der Waals surface area contributed by atoms with Crippen molar-refractivity contribution in [2.24, 2.45) is 5.73 Å². The van der Waals surface area contributed by atoms with Gasteiger partial charge in [-0.05, 0) is 37.3 Å². The third-order valence-electron chi connectivity index (χ3n) is 3.50. The SMILES string of the molecule is CC(N)c1csc(N2CCc3sccc3C2C)n1. The second-order valence-corrected chi connectivity index (χ2v) is 6.60. The molecule has 18 heavy (non-hydrogen) atoms. The lowest BCUT2D eigenvalue weighted by Crippen LogP contribution is -2.33. The van der Waals surface area contributed by atoms with Crippen LogP contribution in [-0.2, 0) is 6.42 Å². The summed E-state index contributed by atoms with van der Waals surface area (Å²) >= 11 is 3.58. The summed E-state index contributed by atoms with van der Waals surface area (Å²) < 4.78 is 0. The average molecular weight is 279 g/mol. The second kappa shape index (κ2) is 4.64. The molecule has 0 saturated heterocycles. The number of thiazole rings is 1. The van der Waals surface area contributed by atoms with Gasteiger partial charge in [-0.15, -0.1) is 22.7 Å². The topological polar surface area (TPSA) is 42.1 Å². The van der Waals surface area contributed by atoms with Crippen LogP contribution in [0.25, 0.3) is 0 Å². The first-order chi connectivity index (χ1) is 8.66. The number of thiophene rings is 1. The Morgan fingerprint density at radius 3 is 3.06 bits per heavy atom. The number of aromatic nitrogens is 1. The zero-order valence-corrected chi connectivity index (χ0v) is 12.2. The van der Waals surface area contributed by atoms with Crippen LogP contribution in [0.3, 0.4) is 0 Å². The van der Waals surface area contributed by atoms with Crippen molar-refractivity contribution < 1.29 is 0 Å². The van der Waals surface area contributed by atoms with Crippen molar-refractivity contribution in [3.05, 3.63) is 33.0 Å². The molecule has 2 aromatic rings. The Bertz CT molecular complexity index is 544. The van der Waals surface area contributed by atoms with Crippen LogP contribution in [-0.4, -0.2) is 11.5 Å². The van der Waals surface area contributed by atoms with Crippen molar-refractivity contribution in [2.75, 3.05) is 11.4 Å². The van der Waals surface area contributed by atoms with Gasteiger partial charge in [-0.25, -0.2) is 4.98 Å². The number of fused-ring (bicyclic) bond motifs is 1. The molecule has 5 heteroatoms. The van der Waals surface area contributed by atoms with Crippen LogP contribution in [0.2, 0.25) is 0 Å². The van der Waals surface area contributed by atoms with Gasteiger partial charge < -0.3 is 10.6 Å². The molecule has 2 aromatic heterocycles. The van der Waals surface area contributed by atoms with Crippen molar-refractivity contribution in [1.82, 2.24) is 4.98 Å². The Kier molecular flexibility index (Phi) is 3.13. The summed E-state index contributed by atoms with van der Waals surface area (Å²) in [5, 5.41) is 5.38. The Labute approximate surface area is 115 Å². The lowest BCUT2D eigenvalue weighted by Gasteiger charge is -2.33. The van der Waals surface area contributed by atoms with E-state index in [1.807, 2.05) is 18.3 Å². The highest BCUT2D eigenvalue weighted by Crippen LogP contribution is 2.37. The van der Waals surface area contributed by atoms with Gasteiger partial charge in [0.05, 0.1) is 11.7 Å². The molecule has 0 bridgehead atoms. The van der Waals surface area contributed by atoms with E-state index in [4.69, 9.17) is 5.73 Å². The molecule has 3 nitrogen and oxygen atoms in total. The Morgan fingerprint density at radius 1 is 1.50 bits per heavy atom. The molecule has 0 saturated carbocycles.